The van der Waals surface area contributed by atoms with Gasteiger partial charge in [0.25, 0.3) is 5.91 Å². The predicted molar refractivity (Wildman–Crippen MR) is 97.4 cm³/mol. The first-order valence-corrected chi connectivity index (χ1v) is 8.48. The fourth-order valence-corrected chi connectivity index (χ4v) is 2.69. The molecule has 2 heterocycles. The summed E-state index contributed by atoms with van der Waals surface area (Å²) >= 11 is 0. The predicted octanol–water partition coefficient (Wildman–Crippen LogP) is 1.26. The number of aromatic nitrogens is 4. The van der Waals surface area contributed by atoms with E-state index in [2.05, 4.69) is 20.8 Å². The third-order valence-electron chi connectivity index (χ3n) is 4.21. The molecule has 2 N–H and O–H groups in total. The van der Waals surface area contributed by atoms with Gasteiger partial charge in [0.2, 0.25) is 5.91 Å². The largest absolute Gasteiger partial charge is 0.354 e. The molecule has 0 fully saturated rings. The minimum absolute atomic E-state index is 0.0475. The Labute approximate surface area is 155 Å². The highest BCUT2D eigenvalue weighted by atomic mass is 16.6. The summed E-state index contributed by atoms with van der Waals surface area (Å²) in [6.07, 6.45) is 1.59. The zero-order chi connectivity index (χ0) is 20.3. The van der Waals surface area contributed by atoms with Crippen LogP contribution in [0.1, 0.15) is 35.7 Å². The van der Waals surface area contributed by atoms with E-state index in [1.54, 1.807) is 31.6 Å². The van der Waals surface area contributed by atoms with Crippen LogP contribution < -0.4 is 10.6 Å². The lowest BCUT2D eigenvalue weighted by Crippen LogP contribution is -2.27. The summed E-state index contributed by atoms with van der Waals surface area (Å²) in [7, 11) is 1.48. The smallest absolute Gasteiger partial charge is 0.312 e. The lowest BCUT2D eigenvalue weighted by Gasteiger charge is -2.13. The molecule has 11 nitrogen and oxygen atoms in total. The summed E-state index contributed by atoms with van der Waals surface area (Å²) in [6.45, 7) is 7.42. The first-order valence-electron chi connectivity index (χ1n) is 8.48. The summed E-state index contributed by atoms with van der Waals surface area (Å²) in [5, 5.41) is 24.6. The van der Waals surface area contributed by atoms with E-state index in [4.69, 9.17) is 0 Å². The SMILES string of the molecule is CCn1cc(NC(=O)C(C)Cn2nc(C)c([N+](=O)[O-])c2C)c(C(=O)NC)n1. The zero-order valence-electron chi connectivity index (χ0n) is 15.9. The van der Waals surface area contributed by atoms with E-state index in [0.29, 0.717) is 23.6 Å². The van der Waals surface area contributed by atoms with Gasteiger partial charge in [-0.1, -0.05) is 6.92 Å². The average Bonchev–Trinajstić information content (AvgIpc) is 3.14. The number of nitrogens with one attached hydrogen (secondary N) is 2. The molecule has 2 amide bonds. The minimum atomic E-state index is -0.537. The van der Waals surface area contributed by atoms with Crippen LogP contribution in [0.2, 0.25) is 0 Å². The van der Waals surface area contributed by atoms with Crippen molar-refractivity contribution in [1.29, 1.82) is 0 Å². The number of nitrogens with zero attached hydrogens (tertiary/aromatic N) is 5. The Morgan fingerprint density at radius 3 is 2.52 bits per heavy atom. The van der Waals surface area contributed by atoms with E-state index in [9.17, 15) is 19.7 Å². The Morgan fingerprint density at radius 2 is 2.00 bits per heavy atom. The normalized spacial score (nSPS) is 11.9. The highest BCUT2D eigenvalue weighted by Crippen LogP contribution is 2.23. The number of anilines is 1. The number of carbonyl (C=O) groups is 2. The van der Waals surface area contributed by atoms with Gasteiger partial charge in [-0.15, -0.1) is 0 Å². The molecule has 27 heavy (non-hydrogen) atoms. The topological polar surface area (TPSA) is 137 Å². The number of hydrogen-bond donors (Lipinski definition) is 2. The Hall–Kier alpha value is -3.24. The van der Waals surface area contributed by atoms with Gasteiger partial charge >= 0.3 is 5.69 Å². The molecule has 2 aromatic rings. The maximum atomic E-state index is 12.6. The molecule has 0 aromatic carbocycles. The Kier molecular flexibility index (Phi) is 5.93. The lowest BCUT2D eigenvalue weighted by molar-refractivity contribution is -0.386. The van der Waals surface area contributed by atoms with E-state index in [1.165, 1.54) is 11.7 Å². The summed E-state index contributed by atoms with van der Waals surface area (Å²) in [4.78, 5) is 35.1. The van der Waals surface area contributed by atoms with Gasteiger partial charge in [0, 0.05) is 19.8 Å². The first kappa shape index (κ1) is 20.1. The number of nitro groups is 1. The molecular formula is C16H23N7O4. The van der Waals surface area contributed by atoms with Crippen LogP contribution in [0.4, 0.5) is 11.4 Å². The van der Waals surface area contributed by atoms with Crippen LogP contribution in [-0.4, -0.2) is 43.3 Å². The first-order chi connectivity index (χ1) is 12.7. The molecule has 1 unspecified atom stereocenters. The summed E-state index contributed by atoms with van der Waals surface area (Å²) in [5.74, 6) is -1.28. The quantitative estimate of drug-likeness (QED) is 0.550. The molecule has 0 radical (unpaired) electrons. The van der Waals surface area contributed by atoms with Gasteiger partial charge < -0.3 is 10.6 Å². The van der Waals surface area contributed by atoms with Crippen LogP contribution in [0, 0.1) is 29.9 Å². The summed E-state index contributed by atoms with van der Waals surface area (Å²) in [6, 6.07) is 0. The molecule has 0 spiro atoms. The third kappa shape index (κ3) is 4.13. The van der Waals surface area contributed by atoms with Crippen molar-refractivity contribution in [3.63, 3.8) is 0 Å². The standard InChI is InChI=1S/C16H23N7O4/c1-6-21-8-12(13(20-21)16(25)17-5)18-15(24)9(2)7-22-11(4)14(23(26)27)10(3)19-22/h8-9H,6-7H2,1-5H3,(H,17,25)(H,18,24). The van der Waals surface area contributed by atoms with Crippen molar-refractivity contribution in [1.82, 2.24) is 24.9 Å². The molecule has 0 aliphatic rings. The van der Waals surface area contributed by atoms with E-state index >= 15 is 0 Å². The molecule has 0 aliphatic carbocycles. The molecule has 0 aliphatic heterocycles. The van der Waals surface area contributed by atoms with Crippen molar-refractivity contribution in [2.45, 2.75) is 40.8 Å². The molecule has 1 atom stereocenters. The van der Waals surface area contributed by atoms with Crippen LogP contribution in [0.25, 0.3) is 0 Å². The second-order valence-corrected chi connectivity index (χ2v) is 6.18. The van der Waals surface area contributed by atoms with Gasteiger partial charge in [-0.05, 0) is 20.8 Å². The Morgan fingerprint density at radius 1 is 1.33 bits per heavy atom. The maximum absolute atomic E-state index is 12.6. The third-order valence-corrected chi connectivity index (χ3v) is 4.21. The van der Waals surface area contributed by atoms with Crippen LogP contribution in [-0.2, 0) is 17.9 Å². The monoisotopic (exact) mass is 377 g/mol. The number of rotatable bonds is 7. The van der Waals surface area contributed by atoms with Crippen LogP contribution in [0.15, 0.2) is 6.20 Å². The minimum Gasteiger partial charge on any atom is -0.354 e. The second kappa shape index (κ2) is 7.98. The number of amides is 2. The van der Waals surface area contributed by atoms with Crippen LogP contribution in [0.3, 0.4) is 0 Å². The van der Waals surface area contributed by atoms with E-state index in [1.807, 2.05) is 6.92 Å². The fraction of sp³-hybridized carbons (Fsp3) is 0.500. The number of carbonyl (C=O) groups excluding carboxylic acids is 2. The maximum Gasteiger partial charge on any atom is 0.312 e. The molecular weight excluding hydrogens is 354 g/mol. The fourth-order valence-electron chi connectivity index (χ4n) is 2.69. The summed E-state index contributed by atoms with van der Waals surface area (Å²) in [5.41, 5.74) is 1.08. The van der Waals surface area contributed by atoms with Gasteiger partial charge in [-0.3, -0.25) is 29.1 Å². The molecule has 2 rings (SSSR count). The highest BCUT2D eigenvalue weighted by molar-refractivity contribution is 6.02. The van der Waals surface area contributed by atoms with Crippen molar-refractivity contribution < 1.29 is 14.5 Å². The Balaban J connectivity index is 2.18. The van der Waals surface area contributed by atoms with Gasteiger partial charge in [0.1, 0.15) is 11.4 Å². The molecule has 2 aromatic heterocycles. The van der Waals surface area contributed by atoms with Crippen molar-refractivity contribution in [2.75, 3.05) is 12.4 Å². The van der Waals surface area contributed by atoms with Gasteiger partial charge in [-0.2, -0.15) is 10.2 Å². The molecule has 0 bridgehead atoms. The zero-order valence-corrected chi connectivity index (χ0v) is 15.9. The van der Waals surface area contributed by atoms with E-state index in [-0.39, 0.29) is 23.8 Å². The van der Waals surface area contributed by atoms with Crippen molar-refractivity contribution in [2.24, 2.45) is 5.92 Å². The second-order valence-electron chi connectivity index (χ2n) is 6.18. The van der Waals surface area contributed by atoms with Crippen molar-refractivity contribution in [3.8, 4) is 0 Å². The molecule has 0 saturated heterocycles. The van der Waals surface area contributed by atoms with Crippen molar-refractivity contribution >= 4 is 23.2 Å². The van der Waals surface area contributed by atoms with Crippen LogP contribution >= 0.6 is 0 Å². The lowest BCUT2D eigenvalue weighted by atomic mass is 10.1. The van der Waals surface area contributed by atoms with Gasteiger partial charge in [-0.25, -0.2) is 0 Å². The summed E-state index contributed by atoms with van der Waals surface area (Å²) < 4.78 is 3.00. The van der Waals surface area contributed by atoms with E-state index in [0.717, 1.165) is 0 Å². The van der Waals surface area contributed by atoms with Crippen molar-refractivity contribution in [3.05, 3.63) is 33.4 Å². The van der Waals surface area contributed by atoms with Gasteiger partial charge in [0.15, 0.2) is 5.69 Å². The molecule has 146 valence electrons. The number of hydrogen-bond acceptors (Lipinski definition) is 6. The molecule has 11 heteroatoms. The highest BCUT2D eigenvalue weighted by Gasteiger charge is 2.25. The Bertz CT molecular complexity index is 884. The van der Waals surface area contributed by atoms with Crippen LogP contribution in [0.5, 0.6) is 0 Å². The van der Waals surface area contributed by atoms with E-state index < -0.39 is 16.7 Å². The van der Waals surface area contributed by atoms with Gasteiger partial charge in [0.05, 0.1) is 23.1 Å². The molecule has 0 saturated carbocycles. The number of aryl methyl sites for hydroxylation is 2. The average molecular weight is 377 g/mol.